The molecule has 0 radical (unpaired) electrons. The third-order valence-corrected chi connectivity index (χ3v) is 3.21. The monoisotopic (exact) mass is 381 g/mol. The van der Waals surface area contributed by atoms with Gasteiger partial charge < -0.3 is 4.74 Å². The SMILES string of the molecule is C=C(OC(F)(F)C(F)(F)C(F)(F)C(F)(F)N1CCCC1)C(F)(F)F. The van der Waals surface area contributed by atoms with E-state index in [-0.39, 0.29) is 12.8 Å². The fourth-order valence-corrected chi connectivity index (χ4v) is 1.84. The number of allylic oxidation sites excluding steroid dienone is 1. The highest BCUT2D eigenvalue weighted by atomic mass is 19.4. The first-order valence-electron chi connectivity index (χ1n) is 6.20. The Balaban J connectivity index is 3.16. The first kappa shape index (κ1) is 20.8. The van der Waals surface area contributed by atoms with Crippen LogP contribution in [0.15, 0.2) is 12.3 Å². The molecule has 0 aromatic heterocycles. The smallest absolute Gasteiger partial charge is 0.423 e. The summed E-state index contributed by atoms with van der Waals surface area (Å²) in [5.41, 5.74) is 0. The molecule has 1 saturated heterocycles. The van der Waals surface area contributed by atoms with Crippen LogP contribution in [0.3, 0.4) is 0 Å². The Morgan fingerprint density at radius 1 is 0.750 bits per heavy atom. The largest absolute Gasteiger partial charge is 0.471 e. The molecule has 142 valence electrons. The van der Waals surface area contributed by atoms with Gasteiger partial charge in [0.15, 0.2) is 5.76 Å². The molecule has 0 aliphatic carbocycles. The first-order chi connectivity index (χ1) is 10.5. The van der Waals surface area contributed by atoms with Crippen molar-refractivity contribution >= 4 is 0 Å². The number of likely N-dealkylation sites (tertiary alicyclic amines) is 1. The third-order valence-electron chi connectivity index (χ3n) is 3.21. The highest BCUT2D eigenvalue weighted by Crippen LogP contribution is 2.55. The second kappa shape index (κ2) is 5.92. The Hall–Kier alpha value is -1.27. The Morgan fingerprint density at radius 2 is 1.17 bits per heavy atom. The van der Waals surface area contributed by atoms with E-state index in [1.807, 2.05) is 6.58 Å². The molecule has 0 bridgehead atoms. The van der Waals surface area contributed by atoms with Crippen LogP contribution < -0.4 is 0 Å². The predicted molar refractivity (Wildman–Crippen MR) is 56.9 cm³/mol. The maximum Gasteiger partial charge on any atom is 0.471 e. The van der Waals surface area contributed by atoms with E-state index in [1.54, 1.807) is 0 Å². The zero-order valence-electron chi connectivity index (χ0n) is 11.5. The van der Waals surface area contributed by atoms with Gasteiger partial charge in [-0.25, -0.2) is 4.90 Å². The standard InChI is InChI=1S/C11H10F11NO/c1-6(7(12,13)14)24-11(21,22)9(17,18)8(15,16)10(19,20)23-4-2-3-5-23/h1-5H2. The maximum atomic E-state index is 13.6. The van der Waals surface area contributed by atoms with Crippen LogP contribution in [0.5, 0.6) is 0 Å². The number of halogens is 11. The predicted octanol–water partition coefficient (Wildman–Crippen LogP) is 4.63. The molecule has 0 spiro atoms. The van der Waals surface area contributed by atoms with E-state index >= 15 is 0 Å². The van der Waals surface area contributed by atoms with Crippen molar-refractivity contribution in [3.8, 4) is 0 Å². The van der Waals surface area contributed by atoms with E-state index in [2.05, 4.69) is 4.74 Å². The van der Waals surface area contributed by atoms with Crippen molar-refractivity contribution in [1.82, 2.24) is 4.90 Å². The first-order valence-corrected chi connectivity index (χ1v) is 6.20. The van der Waals surface area contributed by atoms with E-state index in [4.69, 9.17) is 0 Å². The Morgan fingerprint density at radius 3 is 1.54 bits per heavy atom. The highest BCUT2D eigenvalue weighted by Gasteiger charge is 2.84. The van der Waals surface area contributed by atoms with E-state index < -0.39 is 53.9 Å². The van der Waals surface area contributed by atoms with Gasteiger partial charge in [-0.1, -0.05) is 6.58 Å². The van der Waals surface area contributed by atoms with Crippen LogP contribution in [0.1, 0.15) is 12.8 Å². The number of nitrogens with zero attached hydrogens (tertiary/aromatic N) is 1. The average Bonchev–Trinajstić information content (AvgIpc) is 2.90. The average molecular weight is 381 g/mol. The molecule has 0 aromatic rings. The van der Waals surface area contributed by atoms with Gasteiger partial charge in [-0.05, 0) is 12.8 Å². The Kier molecular flexibility index (Phi) is 5.12. The third kappa shape index (κ3) is 3.26. The van der Waals surface area contributed by atoms with Crippen LogP contribution in [-0.4, -0.2) is 48.2 Å². The lowest BCUT2D eigenvalue weighted by molar-refractivity contribution is -0.440. The molecule has 24 heavy (non-hydrogen) atoms. The molecule has 0 N–H and O–H groups in total. The van der Waals surface area contributed by atoms with Crippen molar-refractivity contribution in [3.05, 3.63) is 12.3 Å². The van der Waals surface area contributed by atoms with Gasteiger partial charge in [0.25, 0.3) is 0 Å². The molecule has 1 heterocycles. The fourth-order valence-electron chi connectivity index (χ4n) is 1.84. The summed E-state index contributed by atoms with van der Waals surface area (Å²) < 4.78 is 145. The van der Waals surface area contributed by atoms with Gasteiger partial charge >= 0.3 is 30.2 Å². The lowest BCUT2D eigenvalue weighted by atomic mass is 10.1. The van der Waals surface area contributed by atoms with E-state index in [1.165, 1.54) is 0 Å². The topological polar surface area (TPSA) is 12.5 Å². The maximum absolute atomic E-state index is 13.6. The summed E-state index contributed by atoms with van der Waals surface area (Å²) >= 11 is 0. The van der Waals surface area contributed by atoms with Crippen molar-refractivity contribution in [2.24, 2.45) is 0 Å². The lowest BCUT2D eigenvalue weighted by Crippen LogP contribution is -2.67. The summed E-state index contributed by atoms with van der Waals surface area (Å²) in [4.78, 5) is -0.449. The quantitative estimate of drug-likeness (QED) is 0.378. The minimum Gasteiger partial charge on any atom is -0.423 e. The summed E-state index contributed by atoms with van der Waals surface area (Å²) in [6.45, 7) is 0.288. The number of rotatable bonds is 6. The van der Waals surface area contributed by atoms with Crippen molar-refractivity contribution in [3.63, 3.8) is 0 Å². The fraction of sp³-hybridized carbons (Fsp3) is 0.818. The normalized spacial score (nSPS) is 18.8. The number of hydrogen-bond donors (Lipinski definition) is 0. The number of alkyl halides is 11. The number of hydrogen-bond acceptors (Lipinski definition) is 2. The Labute approximate surface area is 127 Å². The van der Waals surface area contributed by atoms with Gasteiger partial charge in [-0.3, -0.25) is 0 Å². The van der Waals surface area contributed by atoms with Crippen LogP contribution >= 0.6 is 0 Å². The molecule has 13 heteroatoms. The molecule has 1 rings (SSSR count). The molecular weight excluding hydrogens is 371 g/mol. The molecular formula is C11H10F11NO. The zero-order chi connectivity index (χ0) is 19.2. The minimum absolute atomic E-state index is 0.0744. The van der Waals surface area contributed by atoms with Gasteiger partial charge in [-0.15, -0.1) is 0 Å². The van der Waals surface area contributed by atoms with E-state index in [0.29, 0.717) is 0 Å². The molecule has 0 aromatic carbocycles. The van der Waals surface area contributed by atoms with E-state index in [0.717, 1.165) is 0 Å². The molecule has 0 atom stereocenters. The second-order valence-electron chi connectivity index (χ2n) is 4.92. The van der Waals surface area contributed by atoms with Crippen molar-refractivity contribution in [2.45, 2.75) is 43.0 Å². The van der Waals surface area contributed by atoms with E-state index in [9.17, 15) is 48.3 Å². The van der Waals surface area contributed by atoms with Crippen molar-refractivity contribution in [1.29, 1.82) is 0 Å². The van der Waals surface area contributed by atoms with Crippen LogP contribution in [0.25, 0.3) is 0 Å². The molecule has 1 fully saturated rings. The number of ether oxygens (including phenoxy) is 1. The second-order valence-corrected chi connectivity index (χ2v) is 4.92. The molecule has 0 unspecified atom stereocenters. The molecule has 1 aliphatic heterocycles. The zero-order valence-corrected chi connectivity index (χ0v) is 11.5. The summed E-state index contributed by atoms with van der Waals surface area (Å²) in [5.74, 6) is -16.6. The van der Waals surface area contributed by atoms with Crippen LogP contribution in [0, 0.1) is 0 Å². The Bertz CT molecular complexity index is 479. The molecule has 0 saturated carbocycles. The molecule has 1 aliphatic rings. The van der Waals surface area contributed by atoms with Crippen LogP contribution in [0.2, 0.25) is 0 Å². The van der Waals surface area contributed by atoms with Crippen LogP contribution in [-0.2, 0) is 4.74 Å². The molecule has 0 amide bonds. The van der Waals surface area contributed by atoms with Crippen molar-refractivity contribution < 1.29 is 53.0 Å². The minimum atomic E-state index is -6.96. The highest BCUT2D eigenvalue weighted by molar-refractivity contribution is 5.04. The lowest BCUT2D eigenvalue weighted by Gasteiger charge is -2.39. The van der Waals surface area contributed by atoms with Crippen LogP contribution in [0.4, 0.5) is 48.3 Å². The van der Waals surface area contributed by atoms with Gasteiger partial charge in [-0.2, -0.15) is 48.3 Å². The summed E-state index contributed by atoms with van der Waals surface area (Å²) in [6, 6.07) is -5.74. The van der Waals surface area contributed by atoms with Gasteiger partial charge in [0.05, 0.1) is 0 Å². The summed E-state index contributed by atoms with van der Waals surface area (Å²) in [6.07, 6.45) is -12.5. The van der Waals surface area contributed by atoms with Gasteiger partial charge in [0.2, 0.25) is 0 Å². The summed E-state index contributed by atoms with van der Waals surface area (Å²) in [7, 11) is 0. The van der Waals surface area contributed by atoms with Gasteiger partial charge in [0, 0.05) is 13.1 Å². The molecule has 2 nitrogen and oxygen atoms in total. The van der Waals surface area contributed by atoms with Crippen molar-refractivity contribution in [2.75, 3.05) is 13.1 Å². The summed E-state index contributed by atoms with van der Waals surface area (Å²) in [5, 5.41) is 0. The van der Waals surface area contributed by atoms with Gasteiger partial charge in [0.1, 0.15) is 0 Å².